The summed E-state index contributed by atoms with van der Waals surface area (Å²) in [6.07, 6.45) is 3.79. The van der Waals surface area contributed by atoms with Crippen molar-refractivity contribution in [2.24, 2.45) is 0 Å². The van der Waals surface area contributed by atoms with Gasteiger partial charge in [0.25, 0.3) is 5.91 Å². The van der Waals surface area contributed by atoms with E-state index >= 15 is 0 Å². The van der Waals surface area contributed by atoms with E-state index in [1.54, 1.807) is 0 Å². The van der Waals surface area contributed by atoms with E-state index < -0.39 is 5.54 Å². The van der Waals surface area contributed by atoms with Crippen molar-refractivity contribution >= 4 is 5.91 Å². The highest BCUT2D eigenvalue weighted by atomic mass is 16.5. The van der Waals surface area contributed by atoms with Gasteiger partial charge in [0.15, 0.2) is 5.69 Å². The van der Waals surface area contributed by atoms with Crippen molar-refractivity contribution in [3.8, 4) is 0 Å². The van der Waals surface area contributed by atoms with Gasteiger partial charge in [0.05, 0.1) is 5.54 Å². The topological polar surface area (TPSA) is 58.4 Å². The Morgan fingerprint density at radius 3 is 2.16 bits per heavy atom. The van der Waals surface area contributed by atoms with Crippen LogP contribution >= 0.6 is 0 Å². The predicted octanol–water partition coefficient (Wildman–Crippen LogP) is 4.34. The molecule has 0 saturated heterocycles. The van der Waals surface area contributed by atoms with Crippen LogP contribution in [-0.4, -0.2) is 40.1 Å². The molecule has 1 aromatic rings. The smallest absolute Gasteiger partial charge is 0.274 e. The Hall–Kier alpha value is -1.36. The Kier molecular flexibility index (Phi) is 7.66. The van der Waals surface area contributed by atoms with Crippen LogP contribution in [0.25, 0.3) is 0 Å². The summed E-state index contributed by atoms with van der Waals surface area (Å²) in [6.45, 7) is 19.0. The van der Waals surface area contributed by atoms with E-state index in [9.17, 15) is 4.79 Å². The fourth-order valence-electron chi connectivity index (χ4n) is 4.29. The van der Waals surface area contributed by atoms with E-state index in [4.69, 9.17) is 4.52 Å². The van der Waals surface area contributed by atoms with Crippen LogP contribution in [0, 0.1) is 6.92 Å². The third-order valence-corrected chi connectivity index (χ3v) is 5.80. The third kappa shape index (κ3) is 4.08. The molecule has 0 aromatic carbocycles. The van der Waals surface area contributed by atoms with Gasteiger partial charge in [-0.2, -0.15) is 0 Å². The van der Waals surface area contributed by atoms with Crippen molar-refractivity contribution in [3.05, 3.63) is 17.0 Å². The highest BCUT2D eigenvalue weighted by molar-refractivity contribution is 5.94. The number of hydrogen-bond donors (Lipinski definition) is 1. The Balaban J connectivity index is 3.17. The molecule has 5 nitrogen and oxygen atoms in total. The van der Waals surface area contributed by atoms with Crippen LogP contribution in [0.2, 0.25) is 0 Å². The maximum Gasteiger partial charge on any atom is 0.274 e. The van der Waals surface area contributed by atoms with E-state index in [1.807, 2.05) is 13.8 Å². The highest BCUT2D eigenvalue weighted by Gasteiger charge is 2.47. The molecule has 0 aliphatic heterocycles. The Labute approximate surface area is 153 Å². The van der Waals surface area contributed by atoms with Gasteiger partial charge in [-0.15, -0.1) is 0 Å². The first-order chi connectivity index (χ1) is 11.7. The minimum absolute atomic E-state index is 0.0986. The first-order valence-corrected chi connectivity index (χ1v) is 9.77. The molecule has 0 aliphatic rings. The van der Waals surface area contributed by atoms with E-state index in [0.29, 0.717) is 5.69 Å². The number of carbonyl (C=O) groups excluding carboxylic acids is 1. The number of rotatable bonds is 10. The number of hydrogen-bond acceptors (Lipinski definition) is 4. The summed E-state index contributed by atoms with van der Waals surface area (Å²) in [7, 11) is 0. The van der Waals surface area contributed by atoms with Gasteiger partial charge >= 0.3 is 0 Å². The molecule has 0 bridgehead atoms. The van der Waals surface area contributed by atoms with Gasteiger partial charge in [0, 0.05) is 17.5 Å². The lowest BCUT2D eigenvalue weighted by Crippen LogP contribution is -2.68. The van der Waals surface area contributed by atoms with Crippen LogP contribution in [0.4, 0.5) is 0 Å². The minimum atomic E-state index is -0.392. The number of likely N-dealkylation sites (N-methyl/N-ethyl adjacent to an activating group) is 1. The summed E-state index contributed by atoms with van der Waals surface area (Å²) in [5.74, 6) is 0.631. The SMILES string of the molecule is CCCN(CC)C(CC)(CC)C(C)(C)NC(=O)c1noc(CC)c1C. The van der Waals surface area contributed by atoms with Gasteiger partial charge in [0.2, 0.25) is 0 Å². The van der Waals surface area contributed by atoms with Crippen LogP contribution < -0.4 is 5.32 Å². The molecule has 1 amide bonds. The van der Waals surface area contributed by atoms with Gasteiger partial charge in [-0.05, 0) is 53.1 Å². The molecule has 0 aliphatic carbocycles. The van der Waals surface area contributed by atoms with E-state index in [1.165, 1.54) is 0 Å². The largest absolute Gasteiger partial charge is 0.360 e. The molecule has 0 saturated carbocycles. The molecule has 0 atom stereocenters. The van der Waals surface area contributed by atoms with E-state index in [0.717, 1.165) is 50.1 Å². The van der Waals surface area contributed by atoms with Crippen LogP contribution in [-0.2, 0) is 6.42 Å². The minimum Gasteiger partial charge on any atom is -0.360 e. The molecular weight excluding hydrogens is 314 g/mol. The Morgan fingerprint density at radius 2 is 1.76 bits per heavy atom. The van der Waals surface area contributed by atoms with Crippen LogP contribution in [0.5, 0.6) is 0 Å². The van der Waals surface area contributed by atoms with Gasteiger partial charge < -0.3 is 9.84 Å². The molecule has 0 spiro atoms. The average molecular weight is 352 g/mol. The molecule has 1 N–H and O–H groups in total. The zero-order chi connectivity index (χ0) is 19.3. The highest BCUT2D eigenvalue weighted by Crippen LogP contribution is 2.36. The first-order valence-electron chi connectivity index (χ1n) is 9.77. The fraction of sp³-hybridized carbons (Fsp3) is 0.800. The van der Waals surface area contributed by atoms with Crippen molar-refractivity contribution in [2.45, 2.75) is 92.2 Å². The molecule has 1 aromatic heterocycles. The Bertz CT molecular complexity index is 559. The number of aryl methyl sites for hydroxylation is 1. The Morgan fingerprint density at radius 1 is 1.16 bits per heavy atom. The number of carbonyl (C=O) groups is 1. The van der Waals surface area contributed by atoms with Gasteiger partial charge in [-0.1, -0.05) is 39.8 Å². The second kappa shape index (κ2) is 8.84. The molecule has 0 fully saturated rings. The summed E-state index contributed by atoms with van der Waals surface area (Å²) >= 11 is 0. The second-order valence-corrected chi connectivity index (χ2v) is 7.33. The summed E-state index contributed by atoms with van der Waals surface area (Å²) < 4.78 is 5.30. The van der Waals surface area contributed by atoms with Gasteiger partial charge in [-0.3, -0.25) is 9.69 Å². The fourth-order valence-corrected chi connectivity index (χ4v) is 4.29. The molecule has 1 rings (SSSR count). The predicted molar refractivity (Wildman–Crippen MR) is 103 cm³/mol. The molecule has 144 valence electrons. The number of nitrogens with zero attached hydrogens (tertiary/aromatic N) is 2. The molecule has 5 heteroatoms. The maximum absolute atomic E-state index is 12.9. The number of amides is 1. The maximum atomic E-state index is 12.9. The van der Waals surface area contributed by atoms with E-state index in [2.05, 4.69) is 56.9 Å². The summed E-state index contributed by atoms with van der Waals surface area (Å²) in [5, 5.41) is 7.27. The zero-order valence-corrected chi connectivity index (χ0v) is 17.5. The van der Waals surface area contributed by atoms with Crippen LogP contribution in [0.1, 0.15) is 89.5 Å². The third-order valence-electron chi connectivity index (χ3n) is 5.80. The van der Waals surface area contributed by atoms with Gasteiger partial charge in [-0.25, -0.2) is 0 Å². The summed E-state index contributed by atoms with van der Waals surface area (Å²) in [6, 6.07) is 0. The monoisotopic (exact) mass is 351 g/mol. The lowest BCUT2D eigenvalue weighted by atomic mass is 9.73. The zero-order valence-electron chi connectivity index (χ0n) is 17.5. The number of aromatic nitrogens is 1. The molecular formula is C20H37N3O2. The quantitative estimate of drug-likeness (QED) is 0.681. The first kappa shape index (κ1) is 21.7. The van der Waals surface area contributed by atoms with E-state index in [-0.39, 0.29) is 11.4 Å². The van der Waals surface area contributed by atoms with Crippen molar-refractivity contribution in [1.82, 2.24) is 15.4 Å². The van der Waals surface area contributed by atoms with Crippen molar-refractivity contribution in [1.29, 1.82) is 0 Å². The van der Waals surface area contributed by atoms with Gasteiger partial charge in [0.1, 0.15) is 5.76 Å². The molecule has 1 heterocycles. The van der Waals surface area contributed by atoms with Crippen molar-refractivity contribution in [2.75, 3.05) is 13.1 Å². The van der Waals surface area contributed by atoms with Crippen molar-refractivity contribution < 1.29 is 9.32 Å². The van der Waals surface area contributed by atoms with Crippen LogP contribution in [0.3, 0.4) is 0 Å². The molecule has 0 radical (unpaired) electrons. The second-order valence-electron chi connectivity index (χ2n) is 7.33. The lowest BCUT2D eigenvalue weighted by Gasteiger charge is -2.53. The number of nitrogens with one attached hydrogen (secondary N) is 1. The summed E-state index contributed by atoms with van der Waals surface area (Å²) in [4.78, 5) is 15.4. The molecule has 0 unspecified atom stereocenters. The van der Waals surface area contributed by atoms with Crippen LogP contribution in [0.15, 0.2) is 4.52 Å². The summed E-state index contributed by atoms with van der Waals surface area (Å²) in [5.41, 5.74) is 0.759. The normalized spacial score (nSPS) is 12.7. The lowest BCUT2D eigenvalue weighted by molar-refractivity contribution is 0.00619. The standard InChI is InChI=1S/C20H37N3O2/c1-9-14-23(13-5)20(11-3,12-4)19(7,8)21-18(24)17-15(6)16(10-2)25-22-17/h9-14H2,1-8H3,(H,21,24). The molecule has 25 heavy (non-hydrogen) atoms. The average Bonchev–Trinajstić information content (AvgIpc) is 2.95. The van der Waals surface area contributed by atoms with Crippen molar-refractivity contribution in [3.63, 3.8) is 0 Å².